The largest absolute Gasteiger partial charge is 0.379 e. The molecule has 0 aliphatic heterocycles. The second kappa shape index (κ2) is 6.01. The lowest BCUT2D eigenvalue weighted by Crippen LogP contribution is -2.03. The summed E-state index contributed by atoms with van der Waals surface area (Å²) in [6, 6.07) is 5.14. The topological polar surface area (TPSA) is 55.2 Å². The Morgan fingerprint density at radius 3 is 2.43 bits per heavy atom. The molecule has 0 spiro atoms. The maximum atomic E-state index is 13.4. The highest BCUT2D eigenvalue weighted by molar-refractivity contribution is 6.32. The maximum absolute atomic E-state index is 13.4. The van der Waals surface area contributed by atoms with Crippen LogP contribution in [0.15, 0.2) is 30.3 Å². The van der Waals surface area contributed by atoms with Gasteiger partial charge in [-0.2, -0.15) is 0 Å². The van der Waals surface area contributed by atoms with E-state index in [0.29, 0.717) is 17.7 Å². The first kappa shape index (κ1) is 15.1. The predicted molar refractivity (Wildman–Crippen MR) is 71.7 cm³/mol. The van der Waals surface area contributed by atoms with Gasteiger partial charge in [0.1, 0.15) is 10.8 Å². The Morgan fingerprint density at radius 1 is 1.10 bits per heavy atom. The van der Waals surface area contributed by atoms with Crippen LogP contribution in [0, 0.1) is 27.6 Å². The van der Waals surface area contributed by atoms with E-state index in [-0.39, 0.29) is 22.9 Å². The molecule has 0 aromatic heterocycles. The van der Waals surface area contributed by atoms with E-state index in [1.807, 2.05) is 0 Å². The van der Waals surface area contributed by atoms with Crippen LogP contribution in [0.1, 0.15) is 5.56 Å². The molecule has 0 radical (unpaired) electrons. The fourth-order valence-electron chi connectivity index (χ4n) is 1.66. The van der Waals surface area contributed by atoms with E-state index < -0.39 is 22.4 Å². The van der Waals surface area contributed by atoms with Gasteiger partial charge in [-0.05, 0) is 11.6 Å². The third-order valence-corrected chi connectivity index (χ3v) is 3.02. The SMILES string of the molecule is O=[N+]([O-])c1cc(CNc2cc(F)c(F)cc2F)ccc1Cl. The first-order valence-electron chi connectivity index (χ1n) is 5.69. The van der Waals surface area contributed by atoms with E-state index in [4.69, 9.17) is 11.6 Å². The molecule has 1 N–H and O–H groups in total. The van der Waals surface area contributed by atoms with Crippen molar-refractivity contribution < 1.29 is 18.1 Å². The number of benzene rings is 2. The molecule has 2 aromatic rings. The van der Waals surface area contributed by atoms with Crippen LogP contribution in [0.4, 0.5) is 24.5 Å². The molecule has 4 nitrogen and oxygen atoms in total. The number of nitrogens with zero attached hydrogens (tertiary/aromatic N) is 1. The zero-order chi connectivity index (χ0) is 15.6. The first-order valence-corrected chi connectivity index (χ1v) is 6.07. The van der Waals surface area contributed by atoms with Crippen molar-refractivity contribution >= 4 is 23.0 Å². The fraction of sp³-hybridized carbons (Fsp3) is 0.0769. The van der Waals surface area contributed by atoms with Gasteiger partial charge in [0.2, 0.25) is 0 Å². The van der Waals surface area contributed by atoms with Crippen molar-refractivity contribution in [1.29, 1.82) is 0 Å². The Balaban J connectivity index is 2.19. The Kier molecular flexibility index (Phi) is 4.32. The molecule has 0 saturated carbocycles. The molecule has 0 aliphatic carbocycles. The van der Waals surface area contributed by atoms with E-state index in [1.165, 1.54) is 18.2 Å². The lowest BCUT2D eigenvalue weighted by molar-refractivity contribution is -0.384. The molecule has 0 aliphatic rings. The lowest BCUT2D eigenvalue weighted by atomic mass is 10.2. The Labute approximate surface area is 122 Å². The normalized spacial score (nSPS) is 10.5. The summed E-state index contributed by atoms with van der Waals surface area (Å²) in [5.41, 5.74) is -0.0940. The molecule has 2 rings (SSSR count). The van der Waals surface area contributed by atoms with Gasteiger partial charge in [-0.1, -0.05) is 17.7 Å². The number of hydrogen-bond acceptors (Lipinski definition) is 3. The summed E-state index contributed by atoms with van der Waals surface area (Å²) in [6.07, 6.45) is 0. The maximum Gasteiger partial charge on any atom is 0.288 e. The quantitative estimate of drug-likeness (QED) is 0.520. The molecule has 0 bridgehead atoms. The van der Waals surface area contributed by atoms with E-state index in [9.17, 15) is 23.3 Å². The minimum absolute atomic E-state index is 0.0139. The number of halogens is 4. The van der Waals surface area contributed by atoms with Crippen LogP contribution < -0.4 is 5.32 Å². The van der Waals surface area contributed by atoms with Gasteiger partial charge in [0.05, 0.1) is 10.6 Å². The van der Waals surface area contributed by atoms with Crippen LogP contribution in [0.5, 0.6) is 0 Å². The van der Waals surface area contributed by atoms with Gasteiger partial charge in [-0.25, -0.2) is 13.2 Å². The molecule has 2 aromatic carbocycles. The zero-order valence-electron chi connectivity index (χ0n) is 10.4. The Hall–Kier alpha value is -2.28. The predicted octanol–water partition coefficient (Wildman–Crippen LogP) is 4.28. The first-order chi connectivity index (χ1) is 9.88. The smallest absolute Gasteiger partial charge is 0.288 e. The summed E-state index contributed by atoms with van der Waals surface area (Å²) >= 11 is 5.66. The third kappa shape index (κ3) is 3.43. The molecule has 0 heterocycles. The van der Waals surface area contributed by atoms with Crippen LogP contribution in [0.2, 0.25) is 5.02 Å². The van der Waals surface area contributed by atoms with Crippen molar-refractivity contribution in [2.75, 3.05) is 5.32 Å². The van der Waals surface area contributed by atoms with Crippen LogP contribution in [-0.4, -0.2) is 4.92 Å². The monoisotopic (exact) mass is 316 g/mol. The average molecular weight is 317 g/mol. The number of nitrogens with one attached hydrogen (secondary N) is 1. The van der Waals surface area contributed by atoms with Gasteiger partial charge in [-0.3, -0.25) is 10.1 Å². The molecule has 0 saturated heterocycles. The minimum atomic E-state index is -1.29. The van der Waals surface area contributed by atoms with Crippen LogP contribution in [-0.2, 0) is 6.54 Å². The van der Waals surface area contributed by atoms with Crippen LogP contribution in [0.25, 0.3) is 0 Å². The van der Waals surface area contributed by atoms with Gasteiger partial charge in [0, 0.05) is 24.7 Å². The fourth-order valence-corrected chi connectivity index (χ4v) is 1.85. The minimum Gasteiger partial charge on any atom is -0.379 e. The summed E-state index contributed by atoms with van der Waals surface area (Å²) in [7, 11) is 0. The standard InChI is InChI=1S/C13H8ClF3N2O2/c14-8-2-1-7(3-13(8)19(20)21)6-18-12-5-10(16)9(15)4-11(12)17/h1-5,18H,6H2. The van der Waals surface area contributed by atoms with E-state index >= 15 is 0 Å². The molecule has 0 unspecified atom stereocenters. The molecule has 0 atom stereocenters. The number of anilines is 1. The van der Waals surface area contributed by atoms with E-state index in [0.717, 1.165) is 0 Å². The highest BCUT2D eigenvalue weighted by Gasteiger charge is 2.13. The van der Waals surface area contributed by atoms with Gasteiger partial charge < -0.3 is 5.32 Å². The highest BCUT2D eigenvalue weighted by atomic mass is 35.5. The molecule has 0 amide bonds. The van der Waals surface area contributed by atoms with Crippen LogP contribution >= 0.6 is 11.6 Å². The van der Waals surface area contributed by atoms with Gasteiger partial charge >= 0.3 is 0 Å². The second-order valence-electron chi connectivity index (χ2n) is 4.14. The number of nitro groups is 1. The molecule has 110 valence electrons. The number of rotatable bonds is 4. The van der Waals surface area contributed by atoms with Crippen LogP contribution in [0.3, 0.4) is 0 Å². The van der Waals surface area contributed by atoms with Crippen molar-refractivity contribution in [3.8, 4) is 0 Å². The number of hydrogen-bond donors (Lipinski definition) is 1. The van der Waals surface area contributed by atoms with Crippen molar-refractivity contribution in [3.63, 3.8) is 0 Å². The van der Waals surface area contributed by atoms with Crippen molar-refractivity contribution in [2.24, 2.45) is 0 Å². The molecule has 8 heteroatoms. The summed E-state index contributed by atoms with van der Waals surface area (Å²) in [4.78, 5) is 10.1. The zero-order valence-corrected chi connectivity index (χ0v) is 11.1. The molecule has 0 fully saturated rings. The number of nitro benzene ring substituents is 1. The summed E-state index contributed by atoms with van der Waals surface area (Å²) in [5, 5.41) is 13.2. The molecular weight excluding hydrogens is 309 g/mol. The average Bonchev–Trinajstić information content (AvgIpc) is 2.42. The van der Waals surface area contributed by atoms with E-state index in [2.05, 4.69) is 5.32 Å². The van der Waals surface area contributed by atoms with Gasteiger partial charge in [0.25, 0.3) is 5.69 Å². The Bertz CT molecular complexity index is 710. The highest BCUT2D eigenvalue weighted by Crippen LogP contribution is 2.26. The van der Waals surface area contributed by atoms with Crippen molar-refractivity contribution in [2.45, 2.75) is 6.54 Å². The molecular formula is C13H8ClF3N2O2. The van der Waals surface area contributed by atoms with Gasteiger partial charge in [-0.15, -0.1) is 0 Å². The summed E-state index contributed by atoms with van der Waals surface area (Å²) in [5.74, 6) is -3.45. The third-order valence-electron chi connectivity index (χ3n) is 2.70. The van der Waals surface area contributed by atoms with Gasteiger partial charge in [0.15, 0.2) is 11.6 Å². The summed E-state index contributed by atoms with van der Waals surface area (Å²) < 4.78 is 39.2. The van der Waals surface area contributed by atoms with Crippen molar-refractivity contribution in [3.05, 3.63) is 68.5 Å². The van der Waals surface area contributed by atoms with E-state index in [1.54, 1.807) is 0 Å². The van der Waals surface area contributed by atoms with Crippen molar-refractivity contribution in [1.82, 2.24) is 0 Å². The lowest BCUT2D eigenvalue weighted by Gasteiger charge is -2.08. The second-order valence-corrected chi connectivity index (χ2v) is 4.55. The summed E-state index contributed by atoms with van der Waals surface area (Å²) in [6.45, 7) is -0.0139. The Morgan fingerprint density at radius 2 is 1.76 bits per heavy atom. The molecule has 21 heavy (non-hydrogen) atoms.